The summed E-state index contributed by atoms with van der Waals surface area (Å²) in [5.41, 5.74) is 0.863. The van der Waals surface area contributed by atoms with E-state index >= 15 is 0 Å². The number of sulfonamides is 1. The van der Waals surface area contributed by atoms with Crippen LogP contribution in [-0.2, 0) is 21.2 Å². The van der Waals surface area contributed by atoms with E-state index in [0.29, 0.717) is 19.7 Å². The minimum Gasteiger partial charge on any atom is -0.492 e. The Kier molecular flexibility index (Phi) is 6.74. The average molecular weight is 467 g/mol. The Bertz CT molecular complexity index is 945. The molecular formula is C20H23BrN2O4S. The van der Waals surface area contributed by atoms with Gasteiger partial charge in [0.1, 0.15) is 16.7 Å². The highest BCUT2D eigenvalue weighted by molar-refractivity contribution is 9.10. The number of nitrogens with one attached hydrogen (secondary N) is 1. The number of para-hydroxylation sites is 1. The Morgan fingerprint density at radius 3 is 2.50 bits per heavy atom. The van der Waals surface area contributed by atoms with Gasteiger partial charge in [0.2, 0.25) is 15.9 Å². The standard InChI is InChI=1S/C20H23BrN2O4S/c1-2-27-18-10-5-6-11-19(18)28(25,26)22-17(20(24)23-12-7-13-23)14-15-8-3-4-9-16(15)21/h3-6,8-11,17,22H,2,7,12-14H2,1H3/t17-/m1/s1. The quantitative estimate of drug-likeness (QED) is 0.648. The van der Waals surface area contributed by atoms with E-state index in [1.54, 1.807) is 30.0 Å². The van der Waals surface area contributed by atoms with Crippen LogP contribution < -0.4 is 9.46 Å². The smallest absolute Gasteiger partial charge is 0.244 e. The monoisotopic (exact) mass is 466 g/mol. The molecule has 2 aromatic carbocycles. The van der Waals surface area contributed by atoms with Crippen LogP contribution in [0.1, 0.15) is 18.9 Å². The average Bonchev–Trinajstić information content (AvgIpc) is 2.62. The molecule has 1 N–H and O–H groups in total. The van der Waals surface area contributed by atoms with Crippen molar-refractivity contribution in [3.8, 4) is 5.75 Å². The van der Waals surface area contributed by atoms with Crippen LogP contribution in [-0.4, -0.2) is 45.0 Å². The van der Waals surface area contributed by atoms with Gasteiger partial charge in [-0.15, -0.1) is 0 Å². The molecule has 1 amide bonds. The molecule has 0 spiro atoms. The van der Waals surface area contributed by atoms with Gasteiger partial charge in [0.25, 0.3) is 0 Å². The van der Waals surface area contributed by atoms with Crippen molar-refractivity contribution in [1.29, 1.82) is 0 Å². The molecule has 0 bridgehead atoms. The van der Waals surface area contributed by atoms with E-state index in [2.05, 4.69) is 20.7 Å². The minimum absolute atomic E-state index is 0.0328. The highest BCUT2D eigenvalue weighted by Crippen LogP contribution is 2.25. The van der Waals surface area contributed by atoms with Crippen LogP contribution in [0.2, 0.25) is 0 Å². The number of rotatable bonds is 8. The zero-order chi connectivity index (χ0) is 20.1. The van der Waals surface area contributed by atoms with Crippen LogP contribution in [0.3, 0.4) is 0 Å². The SMILES string of the molecule is CCOc1ccccc1S(=O)(=O)N[C@H](Cc1ccccc1Br)C(=O)N1CCC1. The molecule has 3 rings (SSSR count). The fourth-order valence-corrected chi connectivity index (χ4v) is 4.80. The Hall–Kier alpha value is -1.90. The number of carbonyl (C=O) groups is 1. The molecule has 8 heteroatoms. The van der Waals surface area contributed by atoms with E-state index in [-0.39, 0.29) is 23.0 Å². The summed E-state index contributed by atoms with van der Waals surface area (Å²) in [6.07, 6.45) is 1.19. The summed E-state index contributed by atoms with van der Waals surface area (Å²) in [7, 11) is -3.95. The zero-order valence-corrected chi connectivity index (χ0v) is 18.0. The maximum Gasteiger partial charge on any atom is 0.244 e. The maximum absolute atomic E-state index is 13.1. The number of hydrogen-bond donors (Lipinski definition) is 1. The molecule has 1 aliphatic heterocycles. The maximum atomic E-state index is 13.1. The molecule has 150 valence electrons. The molecule has 2 aromatic rings. The molecule has 1 aliphatic rings. The van der Waals surface area contributed by atoms with E-state index in [1.165, 1.54) is 6.07 Å². The second kappa shape index (κ2) is 9.07. The Morgan fingerprint density at radius 1 is 1.18 bits per heavy atom. The highest BCUT2D eigenvalue weighted by Gasteiger charge is 2.33. The van der Waals surface area contributed by atoms with Gasteiger partial charge in [0.15, 0.2) is 0 Å². The van der Waals surface area contributed by atoms with Crippen molar-refractivity contribution in [3.63, 3.8) is 0 Å². The predicted octanol–water partition coefficient (Wildman–Crippen LogP) is 2.97. The molecule has 1 heterocycles. The lowest BCUT2D eigenvalue weighted by molar-refractivity contribution is -0.136. The van der Waals surface area contributed by atoms with Crippen LogP contribution in [0.4, 0.5) is 0 Å². The van der Waals surface area contributed by atoms with E-state index in [4.69, 9.17) is 4.74 Å². The number of likely N-dealkylation sites (tertiary alicyclic amines) is 1. The molecule has 1 fully saturated rings. The Labute approximate surface area is 174 Å². The van der Waals surface area contributed by atoms with E-state index in [1.807, 2.05) is 24.3 Å². The fraction of sp³-hybridized carbons (Fsp3) is 0.350. The molecular weight excluding hydrogens is 444 g/mol. The van der Waals surface area contributed by atoms with Gasteiger partial charge in [-0.25, -0.2) is 8.42 Å². The van der Waals surface area contributed by atoms with Crippen LogP contribution >= 0.6 is 15.9 Å². The van der Waals surface area contributed by atoms with Gasteiger partial charge in [-0.05, 0) is 43.5 Å². The molecule has 0 radical (unpaired) electrons. The first-order valence-electron chi connectivity index (χ1n) is 9.18. The first-order valence-corrected chi connectivity index (χ1v) is 11.5. The number of carbonyl (C=O) groups excluding carboxylic acids is 1. The first kappa shape index (κ1) is 20.8. The van der Waals surface area contributed by atoms with Gasteiger partial charge in [0, 0.05) is 17.6 Å². The van der Waals surface area contributed by atoms with E-state index in [9.17, 15) is 13.2 Å². The van der Waals surface area contributed by atoms with Gasteiger partial charge in [0.05, 0.1) is 6.61 Å². The largest absolute Gasteiger partial charge is 0.492 e. The number of halogens is 1. The summed E-state index contributed by atoms with van der Waals surface area (Å²) >= 11 is 3.48. The molecule has 0 saturated carbocycles. The normalized spacial score (nSPS) is 15.0. The van der Waals surface area contributed by atoms with Crippen molar-refractivity contribution < 1.29 is 17.9 Å². The molecule has 0 unspecified atom stereocenters. The number of nitrogens with zero attached hydrogens (tertiary/aromatic N) is 1. The van der Waals surface area contributed by atoms with Crippen LogP contribution in [0.15, 0.2) is 57.9 Å². The summed E-state index contributed by atoms with van der Waals surface area (Å²) in [4.78, 5) is 14.6. The zero-order valence-electron chi connectivity index (χ0n) is 15.6. The van der Waals surface area contributed by atoms with E-state index in [0.717, 1.165) is 16.5 Å². The minimum atomic E-state index is -3.95. The molecule has 1 atom stereocenters. The molecule has 6 nitrogen and oxygen atoms in total. The summed E-state index contributed by atoms with van der Waals surface area (Å²) < 4.78 is 35.1. The third-order valence-corrected chi connectivity index (χ3v) is 6.87. The van der Waals surface area contributed by atoms with Gasteiger partial charge >= 0.3 is 0 Å². The van der Waals surface area contributed by atoms with Crippen molar-refractivity contribution in [2.24, 2.45) is 0 Å². The Morgan fingerprint density at radius 2 is 1.86 bits per heavy atom. The number of benzene rings is 2. The molecule has 0 aromatic heterocycles. The first-order chi connectivity index (χ1) is 13.4. The fourth-order valence-electron chi connectivity index (χ4n) is 3.02. The molecule has 1 saturated heterocycles. The van der Waals surface area contributed by atoms with Crippen LogP contribution in [0, 0.1) is 0 Å². The molecule has 0 aliphatic carbocycles. The topological polar surface area (TPSA) is 75.7 Å². The Balaban J connectivity index is 1.90. The number of ether oxygens (including phenoxy) is 1. The van der Waals surface area contributed by atoms with E-state index < -0.39 is 16.1 Å². The lowest BCUT2D eigenvalue weighted by Gasteiger charge is -2.34. The summed E-state index contributed by atoms with van der Waals surface area (Å²) in [5, 5.41) is 0. The van der Waals surface area contributed by atoms with Gasteiger partial charge in [-0.1, -0.05) is 46.3 Å². The molecule has 28 heavy (non-hydrogen) atoms. The third kappa shape index (κ3) is 4.74. The number of amides is 1. The van der Waals surface area contributed by atoms with Crippen LogP contribution in [0.5, 0.6) is 5.75 Å². The second-order valence-electron chi connectivity index (χ2n) is 6.53. The van der Waals surface area contributed by atoms with Crippen LogP contribution in [0.25, 0.3) is 0 Å². The number of hydrogen-bond acceptors (Lipinski definition) is 4. The lowest BCUT2D eigenvalue weighted by Crippen LogP contribution is -2.53. The van der Waals surface area contributed by atoms with Gasteiger partial charge < -0.3 is 9.64 Å². The van der Waals surface area contributed by atoms with Crippen molar-refractivity contribution in [3.05, 3.63) is 58.6 Å². The summed E-state index contributed by atoms with van der Waals surface area (Å²) in [5.74, 6) is 0.0630. The highest BCUT2D eigenvalue weighted by atomic mass is 79.9. The van der Waals surface area contributed by atoms with Crippen molar-refractivity contribution in [1.82, 2.24) is 9.62 Å². The third-order valence-electron chi connectivity index (χ3n) is 4.58. The summed E-state index contributed by atoms with van der Waals surface area (Å²) in [6.45, 7) is 3.45. The van der Waals surface area contributed by atoms with Crippen molar-refractivity contribution in [2.75, 3.05) is 19.7 Å². The van der Waals surface area contributed by atoms with Gasteiger partial charge in [-0.3, -0.25) is 4.79 Å². The van der Waals surface area contributed by atoms with Gasteiger partial charge in [-0.2, -0.15) is 4.72 Å². The predicted molar refractivity (Wildman–Crippen MR) is 111 cm³/mol. The van der Waals surface area contributed by atoms with Crippen molar-refractivity contribution >= 4 is 31.9 Å². The second-order valence-corrected chi connectivity index (χ2v) is 9.06. The van der Waals surface area contributed by atoms with Crippen molar-refractivity contribution in [2.45, 2.75) is 30.7 Å². The summed E-state index contributed by atoms with van der Waals surface area (Å²) in [6, 6.07) is 13.0. The lowest BCUT2D eigenvalue weighted by atomic mass is 10.0.